The highest BCUT2D eigenvalue weighted by molar-refractivity contribution is 6.24. The van der Waals surface area contributed by atoms with E-state index in [9.17, 15) is 9.59 Å². The van der Waals surface area contributed by atoms with E-state index in [4.69, 9.17) is 23.2 Å². The quantitative estimate of drug-likeness (QED) is 0.309. The van der Waals surface area contributed by atoms with Crippen molar-refractivity contribution in [3.8, 4) is 0 Å². The van der Waals surface area contributed by atoms with Crippen LogP contribution in [0.1, 0.15) is 19.8 Å². The number of isocyanates is 2. The lowest BCUT2D eigenvalue weighted by atomic mass is 10.2. The van der Waals surface area contributed by atoms with Gasteiger partial charge in [-0.15, -0.1) is 0 Å². The summed E-state index contributed by atoms with van der Waals surface area (Å²) in [6.45, 7) is 1.55. The zero-order valence-corrected chi connectivity index (χ0v) is 8.47. The molecule has 0 aromatic rings. The first kappa shape index (κ1) is 12.3. The van der Waals surface area contributed by atoms with E-state index in [1.54, 1.807) is 6.92 Å². The van der Waals surface area contributed by atoms with Crippen LogP contribution in [0.25, 0.3) is 0 Å². The lowest BCUT2D eigenvalue weighted by Crippen LogP contribution is -2.14. The Bertz CT molecular complexity index is 255. The maximum Gasteiger partial charge on any atom is 0.236 e. The van der Waals surface area contributed by atoms with E-state index in [-0.39, 0.29) is 0 Å². The van der Waals surface area contributed by atoms with Crippen molar-refractivity contribution < 1.29 is 9.59 Å². The van der Waals surface area contributed by atoms with Gasteiger partial charge >= 0.3 is 0 Å². The van der Waals surface area contributed by atoms with Crippen molar-refractivity contribution in [1.82, 2.24) is 0 Å². The predicted molar refractivity (Wildman–Crippen MR) is 49.4 cm³/mol. The SMILES string of the molecule is CC(Cl)(CCC(Cl)N=C=O)N=C=O. The summed E-state index contributed by atoms with van der Waals surface area (Å²) in [4.78, 5) is 25.2. The first-order valence-corrected chi connectivity index (χ1v) is 4.32. The Morgan fingerprint density at radius 2 is 2.08 bits per heavy atom. The second-order valence-electron chi connectivity index (χ2n) is 2.54. The summed E-state index contributed by atoms with van der Waals surface area (Å²) in [5.41, 5.74) is -0.669. The van der Waals surface area contributed by atoms with E-state index < -0.39 is 10.5 Å². The van der Waals surface area contributed by atoms with Crippen LogP contribution in [-0.2, 0) is 9.59 Å². The van der Waals surface area contributed by atoms with Gasteiger partial charge in [-0.1, -0.05) is 23.2 Å². The van der Waals surface area contributed by atoms with E-state index in [1.807, 2.05) is 0 Å². The highest BCUT2D eigenvalue weighted by atomic mass is 35.5. The number of halogens is 2. The van der Waals surface area contributed by atoms with Crippen LogP contribution in [0.2, 0.25) is 0 Å². The molecule has 0 heterocycles. The van der Waals surface area contributed by atoms with E-state index in [1.165, 1.54) is 12.2 Å². The van der Waals surface area contributed by atoms with Gasteiger partial charge in [0.25, 0.3) is 0 Å². The van der Waals surface area contributed by atoms with Crippen LogP contribution < -0.4 is 0 Å². The average Bonchev–Trinajstić information content (AvgIpc) is 2.02. The van der Waals surface area contributed by atoms with E-state index in [2.05, 4.69) is 9.98 Å². The molecule has 0 aliphatic carbocycles. The summed E-state index contributed by atoms with van der Waals surface area (Å²) in [6, 6.07) is 0. The highest BCUT2D eigenvalue weighted by Gasteiger charge is 2.20. The normalized spacial score (nSPS) is 16.2. The average molecular weight is 223 g/mol. The first-order chi connectivity index (χ1) is 6.02. The molecule has 0 N–H and O–H groups in total. The maximum atomic E-state index is 9.90. The van der Waals surface area contributed by atoms with E-state index >= 15 is 0 Å². The minimum absolute atomic E-state index is 0.336. The summed E-state index contributed by atoms with van der Waals surface area (Å²) in [5, 5.41) is 0. The summed E-state index contributed by atoms with van der Waals surface area (Å²) in [7, 11) is 0. The van der Waals surface area contributed by atoms with Gasteiger partial charge in [-0.3, -0.25) is 0 Å². The molecule has 0 bridgehead atoms. The van der Waals surface area contributed by atoms with Gasteiger partial charge in [0.2, 0.25) is 12.2 Å². The standard InChI is InChI=1S/C7H8Cl2N2O2/c1-7(9,11-5-13)3-2-6(8)10-4-12/h6H,2-3H2,1H3. The molecular formula is C7H8Cl2N2O2. The van der Waals surface area contributed by atoms with Crippen LogP contribution >= 0.6 is 23.2 Å². The molecule has 0 fully saturated rings. The molecule has 72 valence electrons. The number of hydrogen-bond donors (Lipinski definition) is 0. The summed E-state index contributed by atoms with van der Waals surface area (Å²) < 4.78 is 0. The van der Waals surface area contributed by atoms with Crippen molar-refractivity contribution in [3.05, 3.63) is 0 Å². The molecule has 0 aliphatic heterocycles. The second kappa shape index (κ2) is 5.90. The fourth-order valence-electron chi connectivity index (χ4n) is 0.655. The first-order valence-electron chi connectivity index (χ1n) is 3.51. The molecular weight excluding hydrogens is 215 g/mol. The number of aliphatic imine (C=N–C) groups is 2. The van der Waals surface area contributed by atoms with Crippen LogP contribution in [0.3, 0.4) is 0 Å². The minimum atomic E-state index is -1.02. The second-order valence-corrected chi connectivity index (χ2v) is 3.86. The van der Waals surface area contributed by atoms with Gasteiger partial charge < -0.3 is 0 Å². The Labute approximate surface area is 85.6 Å². The zero-order chi connectivity index (χ0) is 10.3. The van der Waals surface area contributed by atoms with Crippen LogP contribution in [0.4, 0.5) is 0 Å². The van der Waals surface area contributed by atoms with Gasteiger partial charge in [-0.25, -0.2) is 9.59 Å². The molecule has 0 rings (SSSR count). The van der Waals surface area contributed by atoms with Crippen molar-refractivity contribution in [3.63, 3.8) is 0 Å². The van der Waals surface area contributed by atoms with E-state index in [0.29, 0.717) is 12.8 Å². The van der Waals surface area contributed by atoms with Gasteiger partial charge in [0.05, 0.1) is 0 Å². The molecule has 2 atom stereocenters. The maximum absolute atomic E-state index is 9.90. The Kier molecular flexibility index (Phi) is 5.60. The topological polar surface area (TPSA) is 58.9 Å². The predicted octanol–water partition coefficient (Wildman–Crippen LogP) is 1.96. The number of rotatable bonds is 5. The van der Waals surface area contributed by atoms with Crippen molar-refractivity contribution in [2.24, 2.45) is 9.98 Å². The lowest BCUT2D eigenvalue weighted by Gasteiger charge is -2.14. The molecule has 0 spiro atoms. The lowest BCUT2D eigenvalue weighted by molar-refractivity contribution is 0.528. The third-order valence-electron chi connectivity index (χ3n) is 1.31. The molecule has 0 radical (unpaired) electrons. The number of hydrogen-bond acceptors (Lipinski definition) is 4. The molecule has 6 heteroatoms. The summed E-state index contributed by atoms with van der Waals surface area (Å²) in [6.07, 6.45) is 3.37. The molecule has 0 saturated heterocycles. The molecule has 0 amide bonds. The third kappa shape index (κ3) is 6.50. The number of nitrogens with zero attached hydrogens (tertiary/aromatic N) is 2. The Balaban J connectivity index is 4.00. The number of alkyl halides is 2. The largest absolute Gasteiger partial charge is 0.236 e. The highest BCUT2D eigenvalue weighted by Crippen LogP contribution is 2.24. The Morgan fingerprint density at radius 3 is 2.54 bits per heavy atom. The van der Waals surface area contributed by atoms with E-state index in [0.717, 1.165) is 0 Å². The van der Waals surface area contributed by atoms with Crippen LogP contribution in [0, 0.1) is 0 Å². The van der Waals surface area contributed by atoms with Crippen molar-refractivity contribution >= 4 is 35.4 Å². The van der Waals surface area contributed by atoms with Crippen LogP contribution in [0.5, 0.6) is 0 Å². The summed E-state index contributed by atoms with van der Waals surface area (Å²) in [5.74, 6) is 0. The van der Waals surface area contributed by atoms with Crippen molar-refractivity contribution in [2.75, 3.05) is 0 Å². The molecule has 13 heavy (non-hydrogen) atoms. The van der Waals surface area contributed by atoms with Gasteiger partial charge in [0.1, 0.15) is 10.5 Å². The minimum Gasteiger partial charge on any atom is -0.211 e. The fraction of sp³-hybridized carbons (Fsp3) is 0.714. The summed E-state index contributed by atoms with van der Waals surface area (Å²) >= 11 is 11.3. The number of carbonyl (C=O) groups excluding carboxylic acids is 2. The van der Waals surface area contributed by atoms with Crippen LogP contribution in [-0.4, -0.2) is 22.7 Å². The van der Waals surface area contributed by atoms with Gasteiger partial charge in [-0.2, -0.15) is 9.98 Å². The third-order valence-corrected chi connectivity index (χ3v) is 1.90. The van der Waals surface area contributed by atoms with Crippen molar-refractivity contribution in [2.45, 2.75) is 30.3 Å². The Morgan fingerprint density at radius 1 is 1.46 bits per heavy atom. The van der Waals surface area contributed by atoms with Gasteiger partial charge in [0, 0.05) is 0 Å². The molecule has 0 saturated carbocycles. The molecule has 0 aromatic carbocycles. The monoisotopic (exact) mass is 222 g/mol. The fourth-order valence-corrected chi connectivity index (χ4v) is 0.948. The van der Waals surface area contributed by atoms with Gasteiger partial charge in [0.15, 0.2) is 0 Å². The molecule has 4 nitrogen and oxygen atoms in total. The van der Waals surface area contributed by atoms with Crippen molar-refractivity contribution in [1.29, 1.82) is 0 Å². The Hall–Kier alpha value is -0.660. The van der Waals surface area contributed by atoms with Gasteiger partial charge in [-0.05, 0) is 19.8 Å². The molecule has 0 aromatic heterocycles. The zero-order valence-electron chi connectivity index (χ0n) is 6.96. The molecule has 0 aliphatic rings. The molecule has 2 unspecified atom stereocenters. The van der Waals surface area contributed by atoms with Crippen LogP contribution in [0.15, 0.2) is 9.98 Å². The smallest absolute Gasteiger partial charge is 0.211 e.